The number of aliphatic hydroxyl groups is 1. The summed E-state index contributed by atoms with van der Waals surface area (Å²) in [5.41, 5.74) is 3.88. The van der Waals surface area contributed by atoms with Crippen LogP contribution in [-0.4, -0.2) is 48.8 Å². The maximum Gasteiger partial charge on any atom is 0.338 e. The minimum absolute atomic E-state index is 0.0106. The van der Waals surface area contributed by atoms with Crippen LogP contribution >= 0.6 is 0 Å². The number of carboxylic acid groups (broad SMARTS) is 1. The number of carbonyl (C=O) groups is 2. The summed E-state index contributed by atoms with van der Waals surface area (Å²) in [6.45, 7) is 11.4. The fourth-order valence-corrected chi connectivity index (χ4v) is 8.17. The average molecular weight is 673 g/mol. The number of aliphatic carboxylic acids is 1. The zero-order chi connectivity index (χ0) is 34.7. The molecule has 1 fully saturated rings. The van der Waals surface area contributed by atoms with Crippen LogP contribution in [0.4, 0.5) is 0 Å². The quantitative estimate of drug-likeness (QED) is 0.0843. The fraction of sp³-hybridized carbons (Fsp3) is 0.512. The van der Waals surface area contributed by atoms with E-state index in [0.29, 0.717) is 18.4 Å². The lowest BCUT2D eigenvalue weighted by Gasteiger charge is -2.40. The SMILES string of the molecule is CC(C)(C)[Si](C)(C)O[C@@H](CC[C@H]1C(O)C[C@H](OC(=O)c2ccc(-c3ccccc3)cc2)[C@@H]1CCCCCCC(=O)O)Cc1ccccc1. The maximum absolute atomic E-state index is 13.4. The molecule has 1 saturated carbocycles. The van der Waals surface area contributed by atoms with Gasteiger partial charge in [-0.15, -0.1) is 0 Å². The minimum atomic E-state index is -2.05. The smallest absolute Gasteiger partial charge is 0.338 e. The Kier molecular flexibility index (Phi) is 13.6. The maximum atomic E-state index is 13.4. The summed E-state index contributed by atoms with van der Waals surface area (Å²) in [6.07, 6.45) is 6.29. The first kappa shape index (κ1) is 37.6. The van der Waals surface area contributed by atoms with Crippen molar-refractivity contribution in [1.29, 1.82) is 0 Å². The van der Waals surface area contributed by atoms with Crippen molar-refractivity contribution in [3.63, 3.8) is 0 Å². The van der Waals surface area contributed by atoms with Crippen molar-refractivity contribution in [3.05, 3.63) is 96.1 Å². The molecule has 0 bridgehead atoms. The van der Waals surface area contributed by atoms with Crippen molar-refractivity contribution in [2.24, 2.45) is 11.8 Å². The third-order valence-electron chi connectivity index (χ3n) is 10.6. The van der Waals surface area contributed by atoms with E-state index in [1.807, 2.05) is 60.7 Å². The van der Waals surface area contributed by atoms with Gasteiger partial charge in [0.2, 0.25) is 0 Å². The molecular weight excluding hydrogens is 617 g/mol. The van der Waals surface area contributed by atoms with Crippen molar-refractivity contribution < 1.29 is 29.0 Å². The monoisotopic (exact) mass is 672 g/mol. The van der Waals surface area contributed by atoms with E-state index in [2.05, 4.69) is 58.1 Å². The van der Waals surface area contributed by atoms with Crippen LogP contribution in [0.5, 0.6) is 0 Å². The van der Waals surface area contributed by atoms with E-state index in [4.69, 9.17) is 14.3 Å². The van der Waals surface area contributed by atoms with E-state index in [-0.39, 0.29) is 41.5 Å². The van der Waals surface area contributed by atoms with Gasteiger partial charge in [-0.25, -0.2) is 4.79 Å². The van der Waals surface area contributed by atoms with Crippen LogP contribution < -0.4 is 0 Å². The van der Waals surface area contributed by atoms with E-state index in [9.17, 15) is 14.7 Å². The molecule has 1 aliphatic rings. The number of ether oxygens (including phenoxy) is 1. The van der Waals surface area contributed by atoms with Crippen molar-refractivity contribution in [2.75, 3.05) is 0 Å². The van der Waals surface area contributed by atoms with Gasteiger partial charge in [0.15, 0.2) is 8.32 Å². The Morgan fingerprint density at radius 1 is 0.812 bits per heavy atom. The Balaban J connectivity index is 1.47. The lowest BCUT2D eigenvalue weighted by atomic mass is 9.84. The Morgan fingerprint density at radius 3 is 2.04 bits per heavy atom. The first-order valence-electron chi connectivity index (χ1n) is 17.8. The summed E-state index contributed by atoms with van der Waals surface area (Å²) in [7, 11) is -2.05. The lowest BCUT2D eigenvalue weighted by Crippen LogP contribution is -2.44. The van der Waals surface area contributed by atoms with Gasteiger partial charge in [0, 0.05) is 24.9 Å². The summed E-state index contributed by atoms with van der Waals surface area (Å²) in [5, 5.41) is 20.6. The number of benzene rings is 3. The van der Waals surface area contributed by atoms with Crippen molar-refractivity contribution >= 4 is 20.3 Å². The van der Waals surface area contributed by atoms with Gasteiger partial charge >= 0.3 is 11.9 Å². The van der Waals surface area contributed by atoms with Crippen LogP contribution in [0.3, 0.4) is 0 Å². The second kappa shape index (κ2) is 17.4. The van der Waals surface area contributed by atoms with Crippen LogP contribution in [0.1, 0.15) is 94.5 Å². The number of aliphatic hydroxyl groups excluding tert-OH is 1. The molecule has 3 aromatic carbocycles. The summed E-state index contributed by atoms with van der Waals surface area (Å²) in [5.74, 6) is -1.11. The van der Waals surface area contributed by atoms with Gasteiger partial charge in [-0.3, -0.25) is 4.79 Å². The topological polar surface area (TPSA) is 93.1 Å². The minimum Gasteiger partial charge on any atom is -0.481 e. The van der Waals surface area contributed by atoms with E-state index < -0.39 is 20.4 Å². The molecule has 1 unspecified atom stereocenters. The first-order valence-corrected chi connectivity index (χ1v) is 20.7. The molecule has 0 amide bonds. The number of unbranched alkanes of at least 4 members (excludes halogenated alkanes) is 3. The zero-order valence-electron chi connectivity index (χ0n) is 29.6. The van der Waals surface area contributed by atoms with Gasteiger partial charge in [-0.1, -0.05) is 113 Å². The first-order chi connectivity index (χ1) is 22.8. The molecule has 1 aliphatic carbocycles. The second-order valence-corrected chi connectivity index (χ2v) is 19.9. The largest absolute Gasteiger partial charge is 0.481 e. The number of carboxylic acids is 1. The van der Waals surface area contributed by atoms with Crippen LogP contribution in [0.15, 0.2) is 84.9 Å². The molecule has 2 N–H and O–H groups in total. The molecule has 0 radical (unpaired) electrons. The number of carbonyl (C=O) groups excluding carboxylic acids is 1. The highest BCUT2D eigenvalue weighted by Gasteiger charge is 2.45. The second-order valence-electron chi connectivity index (χ2n) is 15.1. The summed E-state index contributed by atoms with van der Waals surface area (Å²) >= 11 is 0. The predicted molar refractivity (Wildman–Crippen MR) is 195 cm³/mol. The molecule has 0 heterocycles. The number of hydrogen-bond acceptors (Lipinski definition) is 5. The van der Waals surface area contributed by atoms with E-state index in [0.717, 1.165) is 56.1 Å². The van der Waals surface area contributed by atoms with Gasteiger partial charge in [-0.2, -0.15) is 0 Å². The Labute approximate surface area is 289 Å². The van der Waals surface area contributed by atoms with E-state index in [1.54, 1.807) is 0 Å². The van der Waals surface area contributed by atoms with Crippen LogP contribution in [-0.2, 0) is 20.4 Å². The standard InChI is InChI=1S/C41H56O6Si/c1-41(2,3)48(4,5)47-34(28-30-16-10-8-11-17-30)26-27-35-36(20-14-6-7-15-21-39(43)44)38(29-37(35)42)46-40(45)33-24-22-32(23-25-33)31-18-12-9-13-19-31/h8-13,16-19,22-25,34-38,42H,6-7,14-15,20-21,26-29H2,1-5H3,(H,43,44)/t34-,35+,36+,37?,38-/m0/s1. The average Bonchev–Trinajstić information content (AvgIpc) is 3.34. The van der Waals surface area contributed by atoms with E-state index >= 15 is 0 Å². The highest BCUT2D eigenvalue weighted by molar-refractivity contribution is 6.74. The van der Waals surface area contributed by atoms with Crippen molar-refractivity contribution in [3.8, 4) is 11.1 Å². The van der Waals surface area contributed by atoms with Gasteiger partial charge in [0.25, 0.3) is 0 Å². The fourth-order valence-electron chi connectivity index (χ4n) is 6.79. The molecule has 48 heavy (non-hydrogen) atoms. The molecule has 3 aromatic rings. The van der Waals surface area contributed by atoms with Crippen molar-refractivity contribution in [1.82, 2.24) is 0 Å². The van der Waals surface area contributed by atoms with Gasteiger partial charge in [-0.05, 0) is 85.0 Å². The summed E-state index contributed by atoms with van der Waals surface area (Å²) in [4.78, 5) is 24.4. The van der Waals surface area contributed by atoms with Crippen molar-refractivity contribution in [2.45, 2.75) is 121 Å². The molecule has 0 spiro atoms. The molecule has 0 aromatic heterocycles. The van der Waals surface area contributed by atoms with Gasteiger partial charge in [0.05, 0.1) is 11.7 Å². The van der Waals surface area contributed by atoms with Crippen LogP contribution in [0, 0.1) is 11.8 Å². The van der Waals surface area contributed by atoms with Crippen LogP contribution in [0.25, 0.3) is 11.1 Å². The number of rotatable bonds is 17. The zero-order valence-corrected chi connectivity index (χ0v) is 30.6. The highest BCUT2D eigenvalue weighted by Crippen LogP contribution is 2.43. The predicted octanol–water partition coefficient (Wildman–Crippen LogP) is 9.71. The van der Waals surface area contributed by atoms with Crippen LogP contribution in [0.2, 0.25) is 18.1 Å². The molecule has 0 saturated heterocycles. The molecule has 7 heteroatoms. The Bertz CT molecular complexity index is 1420. The third-order valence-corrected chi connectivity index (χ3v) is 15.1. The number of esters is 1. The van der Waals surface area contributed by atoms with Gasteiger partial charge < -0.3 is 19.4 Å². The molecule has 0 aliphatic heterocycles. The highest BCUT2D eigenvalue weighted by atomic mass is 28.4. The van der Waals surface area contributed by atoms with E-state index in [1.165, 1.54) is 5.56 Å². The summed E-state index contributed by atoms with van der Waals surface area (Å²) in [6, 6.07) is 28.1. The Hall–Kier alpha value is -3.26. The molecule has 260 valence electrons. The molecule has 6 nitrogen and oxygen atoms in total. The summed E-state index contributed by atoms with van der Waals surface area (Å²) < 4.78 is 13.2. The Morgan fingerprint density at radius 2 is 1.42 bits per heavy atom. The molecule has 5 atom stereocenters. The molecule has 4 rings (SSSR count). The normalized spacial score (nSPS) is 20.4. The number of hydrogen-bond donors (Lipinski definition) is 2. The lowest BCUT2D eigenvalue weighted by molar-refractivity contribution is -0.137. The molecular formula is C41H56O6Si. The van der Waals surface area contributed by atoms with Gasteiger partial charge in [0.1, 0.15) is 6.10 Å². The third kappa shape index (κ3) is 10.9.